The average Bonchev–Trinajstić information content (AvgIpc) is 3.50. The van der Waals surface area contributed by atoms with Crippen LogP contribution in [0.15, 0.2) is 60.9 Å². The monoisotopic (exact) mass is 510 g/mol. The Hall–Kier alpha value is -4.34. The number of nitrogens with zero attached hydrogens (tertiary/aromatic N) is 3. The van der Waals surface area contributed by atoms with E-state index in [-0.39, 0.29) is 23.0 Å². The van der Waals surface area contributed by atoms with Crippen molar-refractivity contribution in [2.24, 2.45) is 7.05 Å². The van der Waals surface area contributed by atoms with Crippen LogP contribution < -0.4 is 0 Å². The molecule has 0 aliphatic heterocycles. The van der Waals surface area contributed by atoms with Gasteiger partial charge in [-0.25, -0.2) is 28.3 Å². The average molecular weight is 511 g/mol. The van der Waals surface area contributed by atoms with Crippen LogP contribution in [0.4, 0.5) is 8.78 Å². The third kappa shape index (κ3) is 7.57. The van der Waals surface area contributed by atoms with Gasteiger partial charge in [-0.2, -0.15) is 0 Å². The molecule has 4 aromatic rings. The summed E-state index contributed by atoms with van der Waals surface area (Å²) in [5, 5.41) is 0. The Morgan fingerprint density at radius 3 is 2.05 bits per heavy atom. The third-order valence-electron chi connectivity index (χ3n) is 5.20. The van der Waals surface area contributed by atoms with E-state index in [0.29, 0.717) is 48.8 Å². The molecule has 194 valence electrons. The first-order valence-corrected chi connectivity index (χ1v) is 11.7. The minimum atomic E-state index is -0.460. The molecule has 8 nitrogen and oxygen atoms in total. The number of H-pyrrole nitrogens is 1. The van der Waals surface area contributed by atoms with Gasteiger partial charge < -0.3 is 19.0 Å². The van der Waals surface area contributed by atoms with Gasteiger partial charge in [0.2, 0.25) is 0 Å². The Bertz CT molecular complexity index is 1350. The maximum Gasteiger partial charge on any atom is 0.358 e. The standard InChI is InChI=1S/C14H15FN2O2.C13H13FN2O2/c1-3-19-14(18)12-9-17(2)13(16-12)8-10-6-4-5-7-11(10)15;1-2-18-13(17)11-8-15-12(16-11)7-9-5-3-4-6-10(9)14/h4-7,9H,3,8H2,1-2H3;3-6,8H,2,7H2,1H3,(H,15,16). The van der Waals surface area contributed by atoms with E-state index in [1.54, 1.807) is 68.1 Å². The van der Waals surface area contributed by atoms with Gasteiger partial charge in [-0.05, 0) is 37.1 Å². The van der Waals surface area contributed by atoms with E-state index in [0.717, 1.165) is 0 Å². The first-order valence-electron chi connectivity index (χ1n) is 11.7. The number of ether oxygens (including phenoxy) is 2. The highest BCUT2D eigenvalue weighted by molar-refractivity contribution is 5.87. The molecule has 0 saturated carbocycles. The molecule has 0 aliphatic rings. The number of hydrogen-bond donors (Lipinski definition) is 1. The maximum absolute atomic E-state index is 13.6. The van der Waals surface area contributed by atoms with E-state index in [1.807, 2.05) is 0 Å². The smallest absolute Gasteiger partial charge is 0.358 e. The van der Waals surface area contributed by atoms with Crippen molar-refractivity contribution < 1.29 is 27.8 Å². The van der Waals surface area contributed by atoms with Crippen molar-refractivity contribution >= 4 is 11.9 Å². The highest BCUT2D eigenvalue weighted by Crippen LogP contribution is 2.14. The van der Waals surface area contributed by atoms with Crippen molar-refractivity contribution in [1.82, 2.24) is 19.5 Å². The molecule has 0 atom stereocenters. The number of esters is 2. The zero-order valence-electron chi connectivity index (χ0n) is 20.8. The number of nitrogens with one attached hydrogen (secondary N) is 1. The summed E-state index contributed by atoms with van der Waals surface area (Å²) in [7, 11) is 1.77. The number of carbonyl (C=O) groups excluding carboxylic acids is 2. The molecule has 2 heterocycles. The molecule has 2 aromatic carbocycles. The fraction of sp³-hybridized carbons (Fsp3) is 0.259. The molecular formula is C27H28F2N4O4. The Balaban J connectivity index is 0.000000206. The molecule has 37 heavy (non-hydrogen) atoms. The Kier molecular flexibility index (Phi) is 9.65. The van der Waals surface area contributed by atoms with Gasteiger partial charge in [-0.3, -0.25) is 0 Å². The van der Waals surface area contributed by atoms with Crippen molar-refractivity contribution in [2.75, 3.05) is 13.2 Å². The van der Waals surface area contributed by atoms with Crippen LogP contribution in [0.1, 0.15) is 57.6 Å². The third-order valence-corrected chi connectivity index (χ3v) is 5.20. The molecule has 0 radical (unpaired) electrons. The fourth-order valence-electron chi connectivity index (χ4n) is 3.37. The summed E-state index contributed by atoms with van der Waals surface area (Å²) in [6, 6.07) is 13.0. The molecule has 0 unspecified atom stereocenters. The lowest BCUT2D eigenvalue weighted by molar-refractivity contribution is 0.0510. The molecule has 0 bridgehead atoms. The van der Waals surface area contributed by atoms with Gasteiger partial charge in [0.05, 0.1) is 19.4 Å². The molecule has 0 amide bonds. The van der Waals surface area contributed by atoms with Crippen molar-refractivity contribution in [3.05, 3.63) is 107 Å². The number of aromatic nitrogens is 4. The predicted octanol–water partition coefficient (Wildman–Crippen LogP) is 4.64. The number of aryl methyl sites for hydroxylation is 1. The summed E-state index contributed by atoms with van der Waals surface area (Å²) < 4.78 is 38.4. The van der Waals surface area contributed by atoms with Gasteiger partial charge in [0.15, 0.2) is 5.69 Å². The summed E-state index contributed by atoms with van der Waals surface area (Å²) in [5.41, 5.74) is 1.60. The quantitative estimate of drug-likeness (QED) is 0.347. The summed E-state index contributed by atoms with van der Waals surface area (Å²) in [4.78, 5) is 34.0. The number of rotatable bonds is 8. The van der Waals surface area contributed by atoms with Gasteiger partial charge in [-0.1, -0.05) is 36.4 Å². The van der Waals surface area contributed by atoms with Gasteiger partial charge in [0.1, 0.15) is 29.0 Å². The largest absolute Gasteiger partial charge is 0.461 e. The first kappa shape index (κ1) is 27.3. The second-order valence-corrected chi connectivity index (χ2v) is 7.87. The van der Waals surface area contributed by atoms with Crippen LogP contribution >= 0.6 is 0 Å². The predicted molar refractivity (Wildman–Crippen MR) is 132 cm³/mol. The summed E-state index contributed by atoms with van der Waals surface area (Å²) in [6.45, 7) is 4.08. The zero-order valence-corrected chi connectivity index (χ0v) is 20.8. The van der Waals surface area contributed by atoms with E-state index in [1.165, 1.54) is 18.3 Å². The summed E-state index contributed by atoms with van der Waals surface area (Å²) in [6.07, 6.45) is 3.64. The van der Waals surface area contributed by atoms with Crippen LogP contribution in [0.25, 0.3) is 0 Å². The lowest BCUT2D eigenvalue weighted by Gasteiger charge is -2.02. The minimum Gasteiger partial charge on any atom is -0.461 e. The second kappa shape index (κ2) is 13.1. The van der Waals surface area contributed by atoms with Gasteiger partial charge >= 0.3 is 11.9 Å². The normalized spacial score (nSPS) is 10.4. The molecule has 0 saturated heterocycles. The van der Waals surface area contributed by atoms with E-state index in [4.69, 9.17) is 9.47 Å². The first-order chi connectivity index (χ1) is 17.8. The molecular weight excluding hydrogens is 482 g/mol. The van der Waals surface area contributed by atoms with Crippen LogP contribution in [0.3, 0.4) is 0 Å². The van der Waals surface area contributed by atoms with E-state index < -0.39 is 11.9 Å². The van der Waals surface area contributed by atoms with Gasteiger partial charge in [0.25, 0.3) is 0 Å². The van der Waals surface area contributed by atoms with Crippen LogP contribution in [-0.4, -0.2) is 44.7 Å². The van der Waals surface area contributed by atoms with E-state index >= 15 is 0 Å². The van der Waals surface area contributed by atoms with Gasteiger partial charge in [-0.15, -0.1) is 0 Å². The lowest BCUT2D eigenvalue weighted by Crippen LogP contribution is -2.05. The van der Waals surface area contributed by atoms with Gasteiger partial charge in [0, 0.05) is 26.1 Å². The highest BCUT2D eigenvalue weighted by atomic mass is 19.1. The number of benzene rings is 2. The van der Waals surface area contributed by atoms with Crippen LogP contribution in [-0.2, 0) is 29.4 Å². The number of aromatic amines is 1. The van der Waals surface area contributed by atoms with Crippen molar-refractivity contribution in [2.45, 2.75) is 26.7 Å². The topological polar surface area (TPSA) is 99.1 Å². The zero-order chi connectivity index (χ0) is 26.8. The maximum atomic E-state index is 13.6. The van der Waals surface area contributed by atoms with Crippen molar-refractivity contribution in [1.29, 1.82) is 0 Å². The molecule has 4 rings (SSSR count). The molecule has 1 N–H and O–H groups in total. The minimum absolute atomic E-state index is 0.246. The van der Waals surface area contributed by atoms with Crippen molar-refractivity contribution in [3.8, 4) is 0 Å². The summed E-state index contributed by atoms with van der Waals surface area (Å²) >= 11 is 0. The number of imidazole rings is 2. The number of hydrogen-bond acceptors (Lipinski definition) is 6. The summed E-state index contributed by atoms with van der Waals surface area (Å²) in [5.74, 6) is -0.325. The highest BCUT2D eigenvalue weighted by Gasteiger charge is 2.15. The van der Waals surface area contributed by atoms with E-state index in [2.05, 4.69) is 15.0 Å². The van der Waals surface area contributed by atoms with E-state index in [9.17, 15) is 18.4 Å². The molecule has 0 spiro atoms. The van der Waals surface area contributed by atoms with Crippen LogP contribution in [0.5, 0.6) is 0 Å². The van der Waals surface area contributed by atoms with Crippen LogP contribution in [0, 0.1) is 11.6 Å². The number of carbonyl (C=O) groups is 2. The number of halogens is 2. The fourth-order valence-corrected chi connectivity index (χ4v) is 3.37. The molecule has 0 fully saturated rings. The Morgan fingerprint density at radius 2 is 1.46 bits per heavy atom. The molecule has 10 heteroatoms. The van der Waals surface area contributed by atoms with Crippen molar-refractivity contribution in [3.63, 3.8) is 0 Å². The molecule has 0 aliphatic carbocycles. The Labute approximate surface area is 213 Å². The molecule has 2 aromatic heterocycles. The Morgan fingerprint density at radius 1 is 0.892 bits per heavy atom. The second-order valence-electron chi connectivity index (χ2n) is 7.87. The SMILES string of the molecule is CCOC(=O)c1cn(C)c(Cc2ccccc2F)n1.CCOC(=O)c1cnc(Cc2ccccc2F)[nH]1. The lowest BCUT2D eigenvalue weighted by atomic mass is 10.1. The van der Waals surface area contributed by atoms with Crippen LogP contribution in [0.2, 0.25) is 0 Å².